The molecule has 0 saturated carbocycles. The average Bonchev–Trinajstić information content (AvgIpc) is 3.15. The van der Waals surface area contributed by atoms with E-state index in [1.54, 1.807) is 10.9 Å². The lowest BCUT2D eigenvalue weighted by Gasteiger charge is -2.05. The maximum absolute atomic E-state index is 12.1. The van der Waals surface area contributed by atoms with Crippen molar-refractivity contribution in [3.63, 3.8) is 0 Å². The van der Waals surface area contributed by atoms with Crippen LogP contribution in [0.1, 0.15) is 24.2 Å². The van der Waals surface area contributed by atoms with Crippen LogP contribution in [0.15, 0.2) is 48.9 Å². The van der Waals surface area contributed by atoms with Crippen LogP contribution in [0.3, 0.4) is 0 Å². The molecular weight excluding hydrogens is 302 g/mol. The number of hydrogen-bond donors (Lipinski definition) is 1. The van der Waals surface area contributed by atoms with Gasteiger partial charge in [-0.2, -0.15) is 0 Å². The molecule has 0 unspecified atom stereocenters. The highest BCUT2D eigenvalue weighted by atomic mass is 16.1. The summed E-state index contributed by atoms with van der Waals surface area (Å²) >= 11 is 0. The van der Waals surface area contributed by atoms with Gasteiger partial charge < -0.3 is 9.88 Å². The molecule has 1 N–H and O–H groups in total. The topological polar surface area (TPSA) is 64.7 Å². The summed E-state index contributed by atoms with van der Waals surface area (Å²) in [6, 6.07) is 9.84. The third-order valence-electron chi connectivity index (χ3n) is 3.90. The van der Waals surface area contributed by atoms with E-state index in [2.05, 4.69) is 15.4 Å². The van der Waals surface area contributed by atoms with Crippen molar-refractivity contribution >= 4 is 11.7 Å². The highest BCUT2D eigenvalue weighted by Gasteiger charge is 2.10. The molecule has 0 atom stereocenters. The van der Waals surface area contributed by atoms with E-state index in [0.29, 0.717) is 12.2 Å². The summed E-state index contributed by atoms with van der Waals surface area (Å²) in [5.41, 5.74) is 1.91. The molecule has 2 aromatic heterocycles. The number of nitrogens with one attached hydrogen (secondary N) is 1. The number of carbonyl (C=O) groups excluding carboxylic acids is 1. The van der Waals surface area contributed by atoms with Gasteiger partial charge >= 0.3 is 0 Å². The minimum absolute atomic E-state index is 0.0193. The molecule has 3 rings (SSSR count). The van der Waals surface area contributed by atoms with Crippen LogP contribution in [0, 0.1) is 13.8 Å². The lowest BCUT2D eigenvalue weighted by atomic mass is 10.3. The molecule has 0 aliphatic carbocycles. The van der Waals surface area contributed by atoms with Crippen molar-refractivity contribution < 1.29 is 4.79 Å². The van der Waals surface area contributed by atoms with Gasteiger partial charge in [0.1, 0.15) is 5.82 Å². The second-order valence-electron chi connectivity index (χ2n) is 5.76. The van der Waals surface area contributed by atoms with Gasteiger partial charge in [-0.15, -0.1) is 5.10 Å². The molecule has 0 bridgehead atoms. The van der Waals surface area contributed by atoms with Crippen molar-refractivity contribution in [1.29, 1.82) is 0 Å². The first-order valence-electron chi connectivity index (χ1n) is 8.03. The molecule has 0 aliphatic heterocycles. The fourth-order valence-corrected chi connectivity index (χ4v) is 2.54. The van der Waals surface area contributed by atoms with Crippen LogP contribution in [0.2, 0.25) is 0 Å². The summed E-state index contributed by atoms with van der Waals surface area (Å²) in [4.78, 5) is 16.3. The highest BCUT2D eigenvalue weighted by molar-refractivity contribution is 5.90. The average molecular weight is 323 g/mol. The van der Waals surface area contributed by atoms with E-state index < -0.39 is 0 Å². The van der Waals surface area contributed by atoms with Gasteiger partial charge in [0.25, 0.3) is 0 Å². The van der Waals surface area contributed by atoms with Crippen LogP contribution < -0.4 is 5.32 Å². The molecule has 6 nitrogen and oxygen atoms in total. The maximum Gasteiger partial charge on any atom is 0.225 e. The molecule has 6 heteroatoms. The number of amides is 1. The minimum Gasteiger partial charge on any atom is -0.335 e. The summed E-state index contributed by atoms with van der Waals surface area (Å²) < 4.78 is 3.82. The van der Waals surface area contributed by atoms with Crippen molar-refractivity contribution in [2.24, 2.45) is 0 Å². The summed E-state index contributed by atoms with van der Waals surface area (Å²) in [5.74, 6) is 1.56. The van der Waals surface area contributed by atoms with Crippen molar-refractivity contribution in [2.45, 2.75) is 33.2 Å². The van der Waals surface area contributed by atoms with E-state index in [0.717, 1.165) is 30.0 Å². The minimum atomic E-state index is -0.0193. The summed E-state index contributed by atoms with van der Waals surface area (Å²) in [6.07, 6.45) is 6.84. The molecule has 0 saturated heterocycles. The SMILES string of the molecule is Cc1cn(-c2ccccc2)nc1NC(=O)CCCn1ccnc1C. The Morgan fingerprint density at radius 1 is 1.21 bits per heavy atom. The molecule has 0 radical (unpaired) electrons. The fourth-order valence-electron chi connectivity index (χ4n) is 2.54. The lowest BCUT2D eigenvalue weighted by molar-refractivity contribution is -0.116. The number of imidazole rings is 1. The first-order valence-corrected chi connectivity index (χ1v) is 8.03. The molecule has 0 spiro atoms. The number of carbonyl (C=O) groups is 1. The zero-order chi connectivity index (χ0) is 16.9. The number of benzene rings is 1. The normalized spacial score (nSPS) is 10.8. The Morgan fingerprint density at radius 2 is 2.00 bits per heavy atom. The molecule has 1 aromatic carbocycles. The third kappa shape index (κ3) is 3.71. The van der Waals surface area contributed by atoms with E-state index in [1.165, 1.54) is 0 Å². The van der Waals surface area contributed by atoms with Gasteiger partial charge in [-0.3, -0.25) is 4.79 Å². The molecule has 3 aromatic rings. The summed E-state index contributed by atoms with van der Waals surface area (Å²) in [5, 5.41) is 7.36. The number of aromatic nitrogens is 4. The number of para-hydroxylation sites is 1. The molecule has 1 amide bonds. The van der Waals surface area contributed by atoms with E-state index in [-0.39, 0.29) is 5.91 Å². The van der Waals surface area contributed by atoms with Gasteiger partial charge in [0.2, 0.25) is 5.91 Å². The van der Waals surface area contributed by atoms with Crippen LogP contribution >= 0.6 is 0 Å². The van der Waals surface area contributed by atoms with E-state index in [1.807, 2.05) is 61.1 Å². The largest absolute Gasteiger partial charge is 0.335 e. The Hall–Kier alpha value is -2.89. The Labute approximate surface area is 141 Å². The zero-order valence-corrected chi connectivity index (χ0v) is 13.9. The standard InChI is InChI=1S/C18H21N5O/c1-14-13-23(16-7-4-3-5-8-16)21-18(14)20-17(24)9-6-11-22-12-10-19-15(22)2/h3-5,7-8,10,12-13H,6,9,11H2,1-2H3,(H,20,21,24). The molecule has 0 aliphatic rings. The fraction of sp³-hybridized carbons (Fsp3) is 0.278. The Morgan fingerprint density at radius 3 is 2.71 bits per heavy atom. The second kappa shape index (κ2) is 7.12. The molecule has 2 heterocycles. The number of nitrogens with zero attached hydrogens (tertiary/aromatic N) is 4. The van der Waals surface area contributed by atoms with E-state index in [4.69, 9.17) is 0 Å². The van der Waals surface area contributed by atoms with Gasteiger partial charge in [-0.25, -0.2) is 9.67 Å². The van der Waals surface area contributed by atoms with Crippen LogP contribution in [-0.4, -0.2) is 25.2 Å². The van der Waals surface area contributed by atoms with Gasteiger partial charge in [0.05, 0.1) is 5.69 Å². The summed E-state index contributed by atoms with van der Waals surface area (Å²) in [6.45, 7) is 4.69. The van der Waals surface area contributed by atoms with Crippen LogP contribution in [0.4, 0.5) is 5.82 Å². The second-order valence-corrected chi connectivity index (χ2v) is 5.76. The maximum atomic E-state index is 12.1. The quantitative estimate of drug-likeness (QED) is 0.758. The zero-order valence-electron chi connectivity index (χ0n) is 13.9. The monoisotopic (exact) mass is 323 g/mol. The Kier molecular flexibility index (Phi) is 4.74. The van der Waals surface area contributed by atoms with E-state index >= 15 is 0 Å². The van der Waals surface area contributed by atoms with Crippen LogP contribution in [-0.2, 0) is 11.3 Å². The Balaban J connectivity index is 1.57. The van der Waals surface area contributed by atoms with E-state index in [9.17, 15) is 4.79 Å². The third-order valence-corrected chi connectivity index (χ3v) is 3.90. The molecule has 24 heavy (non-hydrogen) atoms. The van der Waals surface area contributed by atoms with Gasteiger partial charge in [0.15, 0.2) is 5.82 Å². The van der Waals surface area contributed by atoms with Crippen LogP contribution in [0.5, 0.6) is 0 Å². The highest BCUT2D eigenvalue weighted by Crippen LogP contribution is 2.16. The Bertz CT molecular complexity index is 819. The first-order chi connectivity index (χ1) is 11.6. The van der Waals surface area contributed by atoms with Crippen LogP contribution in [0.25, 0.3) is 5.69 Å². The molecule has 0 fully saturated rings. The number of rotatable bonds is 6. The van der Waals surface area contributed by atoms with Crippen molar-refractivity contribution in [3.8, 4) is 5.69 Å². The first kappa shape index (κ1) is 16.0. The predicted octanol–water partition coefficient (Wildman–Crippen LogP) is 3.10. The van der Waals surface area contributed by atoms with Crippen molar-refractivity contribution in [2.75, 3.05) is 5.32 Å². The molecule has 124 valence electrons. The smallest absolute Gasteiger partial charge is 0.225 e. The van der Waals surface area contributed by atoms with Gasteiger partial charge in [-0.05, 0) is 32.4 Å². The number of hydrogen-bond acceptors (Lipinski definition) is 3. The van der Waals surface area contributed by atoms with Crippen molar-refractivity contribution in [1.82, 2.24) is 19.3 Å². The van der Waals surface area contributed by atoms with Crippen molar-refractivity contribution in [3.05, 3.63) is 60.3 Å². The lowest BCUT2D eigenvalue weighted by Crippen LogP contribution is -2.14. The van der Waals surface area contributed by atoms with Gasteiger partial charge in [0, 0.05) is 37.1 Å². The van der Waals surface area contributed by atoms with Gasteiger partial charge in [-0.1, -0.05) is 18.2 Å². The predicted molar refractivity (Wildman–Crippen MR) is 93.1 cm³/mol. The summed E-state index contributed by atoms with van der Waals surface area (Å²) in [7, 11) is 0. The molecular formula is C18H21N5O. The number of aryl methyl sites for hydroxylation is 3. The number of anilines is 1.